The van der Waals surface area contributed by atoms with Gasteiger partial charge < -0.3 is 19.3 Å². The Bertz CT molecular complexity index is 1080. The van der Waals surface area contributed by atoms with E-state index >= 15 is 0 Å². The summed E-state index contributed by atoms with van der Waals surface area (Å²) in [5.41, 5.74) is 3.87. The number of anilines is 1. The van der Waals surface area contributed by atoms with Gasteiger partial charge in [-0.15, -0.1) is 11.3 Å². The number of hydrogen-bond acceptors (Lipinski definition) is 6. The molecule has 2 aliphatic heterocycles. The van der Waals surface area contributed by atoms with Crippen molar-refractivity contribution in [2.45, 2.75) is 6.10 Å². The van der Waals surface area contributed by atoms with Crippen molar-refractivity contribution in [2.24, 2.45) is 0 Å². The van der Waals surface area contributed by atoms with Gasteiger partial charge in [0.15, 0.2) is 6.10 Å². The second kappa shape index (κ2) is 7.46. The number of morpholine rings is 1. The SMILES string of the molecule is O=C([C@@H]1CN(C(=O)c2ccc3ncsc3c2)c2ccccc2O1)N1CCOCC1. The van der Waals surface area contributed by atoms with Crippen molar-refractivity contribution in [3.05, 3.63) is 53.5 Å². The lowest BCUT2D eigenvalue weighted by Gasteiger charge is -2.37. The van der Waals surface area contributed by atoms with Crippen LogP contribution in [0.25, 0.3) is 10.2 Å². The molecule has 0 saturated carbocycles. The van der Waals surface area contributed by atoms with Gasteiger partial charge in [-0.1, -0.05) is 12.1 Å². The Labute approximate surface area is 171 Å². The number of rotatable bonds is 2. The van der Waals surface area contributed by atoms with Crippen LogP contribution in [0.2, 0.25) is 0 Å². The van der Waals surface area contributed by atoms with Crippen LogP contribution in [0, 0.1) is 0 Å². The van der Waals surface area contributed by atoms with Gasteiger partial charge in [0.1, 0.15) is 5.75 Å². The monoisotopic (exact) mass is 409 g/mol. The van der Waals surface area contributed by atoms with Crippen molar-refractivity contribution in [2.75, 3.05) is 37.7 Å². The number of ether oxygens (including phenoxy) is 2. The summed E-state index contributed by atoms with van der Waals surface area (Å²) in [7, 11) is 0. The van der Waals surface area contributed by atoms with Crippen LogP contribution in [-0.2, 0) is 9.53 Å². The van der Waals surface area contributed by atoms with Crippen LogP contribution >= 0.6 is 11.3 Å². The molecule has 0 radical (unpaired) electrons. The molecule has 8 heteroatoms. The highest BCUT2D eigenvalue weighted by atomic mass is 32.1. The summed E-state index contributed by atoms with van der Waals surface area (Å²) in [6.07, 6.45) is -0.737. The average Bonchev–Trinajstić information content (AvgIpc) is 3.26. The molecule has 1 atom stereocenters. The molecule has 0 spiro atoms. The van der Waals surface area contributed by atoms with Gasteiger partial charge in [-0.05, 0) is 30.3 Å². The fourth-order valence-electron chi connectivity index (χ4n) is 3.69. The number of amides is 2. The summed E-state index contributed by atoms with van der Waals surface area (Å²) >= 11 is 1.50. The summed E-state index contributed by atoms with van der Waals surface area (Å²) < 4.78 is 12.3. The fourth-order valence-corrected chi connectivity index (χ4v) is 4.40. The zero-order valence-electron chi connectivity index (χ0n) is 15.6. The molecule has 0 bridgehead atoms. The fraction of sp³-hybridized carbons (Fsp3) is 0.286. The van der Waals surface area contributed by atoms with Crippen LogP contribution in [0.5, 0.6) is 5.75 Å². The molecule has 3 heterocycles. The molecule has 1 saturated heterocycles. The molecule has 29 heavy (non-hydrogen) atoms. The average molecular weight is 409 g/mol. The Kier molecular flexibility index (Phi) is 4.65. The highest BCUT2D eigenvalue weighted by Crippen LogP contribution is 2.35. The van der Waals surface area contributed by atoms with Crippen molar-refractivity contribution in [1.29, 1.82) is 0 Å². The van der Waals surface area contributed by atoms with Crippen molar-refractivity contribution < 1.29 is 19.1 Å². The lowest BCUT2D eigenvalue weighted by molar-refractivity contribution is -0.142. The molecule has 2 amide bonds. The van der Waals surface area contributed by atoms with Gasteiger partial charge in [0.25, 0.3) is 11.8 Å². The third kappa shape index (κ3) is 3.34. The lowest BCUT2D eigenvalue weighted by atomic mass is 10.1. The van der Waals surface area contributed by atoms with Crippen molar-refractivity contribution >= 4 is 39.1 Å². The highest BCUT2D eigenvalue weighted by Gasteiger charge is 2.36. The molecule has 1 aromatic heterocycles. The number of nitrogens with zero attached hydrogens (tertiary/aromatic N) is 3. The molecule has 5 rings (SSSR count). The zero-order chi connectivity index (χ0) is 19.8. The molecule has 148 valence electrons. The Morgan fingerprint density at radius 2 is 1.93 bits per heavy atom. The van der Waals surface area contributed by atoms with Crippen molar-refractivity contribution in [1.82, 2.24) is 9.88 Å². The van der Waals surface area contributed by atoms with E-state index in [4.69, 9.17) is 9.47 Å². The van der Waals surface area contributed by atoms with Gasteiger partial charge >= 0.3 is 0 Å². The maximum absolute atomic E-state index is 13.4. The number of para-hydroxylation sites is 2. The van der Waals surface area contributed by atoms with Crippen molar-refractivity contribution in [3.63, 3.8) is 0 Å². The van der Waals surface area contributed by atoms with Crippen molar-refractivity contribution in [3.8, 4) is 5.75 Å². The Hall–Kier alpha value is -2.97. The number of aromatic nitrogens is 1. The number of carbonyl (C=O) groups is 2. The third-order valence-corrected chi connectivity index (χ3v) is 5.99. The molecular weight excluding hydrogens is 390 g/mol. The van der Waals surface area contributed by atoms with Gasteiger partial charge in [0.2, 0.25) is 0 Å². The number of carbonyl (C=O) groups excluding carboxylic acids is 2. The molecule has 3 aromatic rings. The minimum atomic E-state index is -0.737. The van der Waals surface area contributed by atoms with E-state index in [1.807, 2.05) is 30.3 Å². The van der Waals surface area contributed by atoms with Crippen LogP contribution < -0.4 is 9.64 Å². The first kappa shape index (κ1) is 18.1. The van der Waals surface area contributed by atoms with Gasteiger partial charge in [-0.25, -0.2) is 4.98 Å². The van der Waals surface area contributed by atoms with Gasteiger partial charge in [0.05, 0.1) is 41.2 Å². The molecule has 7 nitrogen and oxygen atoms in total. The molecule has 2 aromatic carbocycles. The summed E-state index contributed by atoms with van der Waals surface area (Å²) in [4.78, 5) is 34.0. The molecule has 2 aliphatic rings. The number of thiazole rings is 1. The van der Waals surface area contributed by atoms with Crippen LogP contribution in [0.1, 0.15) is 10.4 Å². The minimum Gasteiger partial charge on any atom is -0.476 e. The summed E-state index contributed by atoms with van der Waals surface area (Å²) in [5.74, 6) is 0.270. The van der Waals surface area contributed by atoms with Gasteiger partial charge in [-0.3, -0.25) is 9.59 Å². The standard InChI is InChI=1S/C21H19N3O4S/c25-20(14-5-6-15-19(11-14)29-13-22-15)24-12-18(21(26)23-7-9-27-10-8-23)28-17-4-2-1-3-16(17)24/h1-6,11,13,18H,7-10,12H2/t18-/m0/s1. The smallest absolute Gasteiger partial charge is 0.265 e. The van der Waals surface area contributed by atoms with E-state index < -0.39 is 6.10 Å². The topological polar surface area (TPSA) is 72.0 Å². The second-order valence-electron chi connectivity index (χ2n) is 6.96. The zero-order valence-corrected chi connectivity index (χ0v) is 16.4. The Morgan fingerprint density at radius 3 is 2.79 bits per heavy atom. The molecule has 0 unspecified atom stereocenters. The quantitative estimate of drug-likeness (QED) is 0.651. The van der Waals surface area contributed by atoms with E-state index in [0.717, 1.165) is 10.2 Å². The summed E-state index contributed by atoms with van der Waals surface area (Å²) in [5, 5.41) is 0. The van der Waals surface area contributed by atoms with E-state index in [9.17, 15) is 9.59 Å². The Balaban J connectivity index is 1.47. The lowest BCUT2D eigenvalue weighted by Crippen LogP contribution is -2.54. The first-order valence-electron chi connectivity index (χ1n) is 9.48. The number of benzene rings is 2. The number of hydrogen-bond donors (Lipinski definition) is 0. The second-order valence-corrected chi connectivity index (χ2v) is 7.85. The Morgan fingerprint density at radius 1 is 1.10 bits per heavy atom. The van der Waals surface area contributed by atoms with E-state index in [2.05, 4.69) is 4.98 Å². The van der Waals surface area contributed by atoms with Crippen LogP contribution in [0.4, 0.5) is 5.69 Å². The molecule has 0 N–H and O–H groups in total. The maximum Gasteiger partial charge on any atom is 0.265 e. The summed E-state index contributed by atoms with van der Waals surface area (Å²) in [6, 6.07) is 12.8. The summed E-state index contributed by atoms with van der Waals surface area (Å²) in [6.45, 7) is 2.29. The van der Waals surface area contributed by atoms with E-state index in [1.54, 1.807) is 27.4 Å². The number of fused-ring (bicyclic) bond motifs is 2. The molecular formula is C21H19N3O4S. The van der Waals surface area contributed by atoms with E-state index in [-0.39, 0.29) is 18.4 Å². The predicted molar refractivity (Wildman–Crippen MR) is 110 cm³/mol. The molecule has 0 aliphatic carbocycles. The first-order valence-corrected chi connectivity index (χ1v) is 10.4. The van der Waals surface area contributed by atoms with Crippen LogP contribution in [0.15, 0.2) is 48.0 Å². The molecule has 1 fully saturated rings. The highest BCUT2D eigenvalue weighted by molar-refractivity contribution is 7.16. The third-order valence-electron chi connectivity index (χ3n) is 5.20. The van der Waals surface area contributed by atoms with Crippen LogP contribution in [0.3, 0.4) is 0 Å². The maximum atomic E-state index is 13.4. The van der Waals surface area contributed by atoms with E-state index in [0.29, 0.717) is 43.3 Å². The van der Waals surface area contributed by atoms with Gasteiger partial charge in [-0.2, -0.15) is 0 Å². The predicted octanol–water partition coefficient (Wildman–Crippen LogP) is 2.56. The minimum absolute atomic E-state index is 0.112. The largest absolute Gasteiger partial charge is 0.476 e. The van der Waals surface area contributed by atoms with Gasteiger partial charge in [0, 0.05) is 18.7 Å². The van der Waals surface area contributed by atoms with Crippen LogP contribution in [-0.4, -0.2) is 60.7 Å². The van der Waals surface area contributed by atoms with E-state index in [1.165, 1.54) is 11.3 Å². The first-order chi connectivity index (χ1) is 14.2. The normalized spacial score (nSPS) is 19.0.